The normalized spacial score (nSPS) is 12.5. The molecule has 87 valence electrons. The van der Waals surface area contributed by atoms with E-state index < -0.39 is 20.9 Å². The van der Waals surface area contributed by atoms with Crippen LogP contribution in [0, 0.1) is 20.2 Å². The van der Waals surface area contributed by atoms with E-state index in [0.29, 0.717) is 0 Å². The van der Waals surface area contributed by atoms with E-state index in [1.807, 2.05) is 0 Å². The second kappa shape index (κ2) is 4.52. The van der Waals surface area contributed by atoms with Gasteiger partial charge in [-0.1, -0.05) is 0 Å². The van der Waals surface area contributed by atoms with Crippen molar-refractivity contribution < 1.29 is 9.85 Å². The minimum Gasteiger partial charge on any atom is -0.264 e. The second-order valence-corrected chi connectivity index (χ2v) is 4.68. The van der Waals surface area contributed by atoms with Gasteiger partial charge in [-0.2, -0.15) is 0 Å². The lowest BCUT2D eigenvalue weighted by molar-refractivity contribution is -0.564. The van der Waals surface area contributed by atoms with Crippen LogP contribution >= 0.6 is 0 Å². The van der Waals surface area contributed by atoms with Crippen LogP contribution < -0.4 is 5.32 Å². The van der Waals surface area contributed by atoms with Gasteiger partial charge >= 0.3 is 0 Å². The van der Waals surface area contributed by atoms with E-state index in [9.17, 15) is 20.2 Å². The first-order chi connectivity index (χ1) is 6.59. The molecule has 1 radical (unpaired) electrons. The van der Waals surface area contributed by atoms with Crippen molar-refractivity contribution >= 4 is 0 Å². The monoisotopic (exact) mass is 218 g/mol. The minimum atomic E-state index is -1.16. The molecule has 0 aromatic heterocycles. The topological polar surface area (TPSA) is 100 Å². The Morgan fingerprint density at radius 3 is 1.40 bits per heavy atom. The molecule has 7 nitrogen and oxygen atoms in total. The summed E-state index contributed by atoms with van der Waals surface area (Å²) in [6.07, 6.45) is 0. The Bertz CT molecular complexity index is 237. The number of hydrogen-bond donors (Lipinski definition) is 0. The van der Waals surface area contributed by atoms with Crippen molar-refractivity contribution in [2.75, 3.05) is 13.1 Å². The van der Waals surface area contributed by atoms with Crippen LogP contribution in [0.5, 0.6) is 0 Å². The molecular formula is C8H16N3O4. The van der Waals surface area contributed by atoms with Gasteiger partial charge in [0.05, 0.1) is 13.1 Å². The molecule has 0 saturated heterocycles. The molecule has 0 fully saturated rings. The third kappa shape index (κ3) is 4.20. The van der Waals surface area contributed by atoms with Gasteiger partial charge in [0, 0.05) is 37.5 Å². The highest BCUT2D eigenvalue weighted by Crippen LogP contribution is 2.09. The summed E-state index contributed by atoms with van der Waals surface area (Å²) in [7, 11) is 0. The zero-order chi connectivity index (χ0) is 12.3. The SMILES string of the molecule is CC(C)(C[N]CC(C)(C)[N+](=O)[O-])[N+](=O)[O-]. The maximum absolute atomic E-state index is 10.5. The van der Waals surface area contributed by atoms with Crippen molar-refractivity contribution in [1.82, 2.24) is 5.32 Å². The second-order valence-electron chi connectivity index (χ2n) is 4.68. The zero-order valence-corrected chi connectivity index (χ0v) is 9.39. The molecule has 0 rings (SSSR count). The van der Waals surface area contributed by atoms with Gasteiger partial charge in [-0.3, -0.25) is 20.2 Å². The predicted octanol–water partition coefficient (Wildman–Crippen LogP) is 0.701. The third-order valence-electron chi connectivity index (χ3n) is 1.99. The van der Waals surface area contributed by atoms with Crippen molar-refractivity contribution in [2.24, 2.45) is 0 Å². The summed E-state index contributed by atoms with van der Waals surface area (Å²) in [4.78, 5) is 20.2. The van der Waals surface area contributed by atoms with Gasteiger partial charge in [-0.25, -0.2) is 5.32 Å². The van der Waals surface area contributed by atoms with Gasteiger partial charge in [0.25, 0.3) is 0 Å². The van der Waals surface area contributed by atoms with Crippen LogP contribution in [-0.2, 0) is 0 Å². The summed E-state index contributed by atoms with van der Waals surface area (Å²) in [6, 6.07) is 0. The molecule has 0 aliphatic rings. The van der Waals surface area contributed by atoms with E-state index in [2.05, 4.69) is 5.32 Å². The van der Waals surface area contributed by atoms with E-state index >= 15 is 0 Å². The fourth-order valence-corrected chi connectivity index (χ4v) is 0.719. The summed E-state index contributed by atoms with van der Waals surface area (Å²) in [5.74, 6) is 0. The van der Waals surface area contributed by atoms with Crippen LogP contribution in [0.3, 0.4) is 0 Å². The van der Waals surface area contributed by atoms with Crippen LogP contribution in [-0.4, -0.2) is 34.0 Å². The molecule has 7 heteroatoms. The third-order valence-corrected chi connectivity index (χ3v) is 1.99. The van der Waals surface area contributed by atoms with Crippen LogP contribution in [0.15, 0.2) is 0 Å². The van der Waals surface area contributed by atoms with Crippen LogP contribution in [0.25, 0.3) is 0 Å². The Kier molecular flexibility index (Phi) is 4.15. The summed E-state index contributed by atoms with van der Waals surface area (Å²) < 4.78 is 0. The fraction of sp³-hybridized carbons (Fsp3) is 1.00. The van der Waals surface area contributed by atoms with E-state index in [0.717, 1.165) is 0 Å². The van der Waals surface area contributed by atoms with Gasteiger partial charge < -0.3 is 0 Å². The Morgan fingerprint density at radius 2 is 1.20 bits per heavy atom. The maximum Gasteiger partial charge on any atom is 0.230 e. The van der Waals surface area contributed by atoms with Gasteiger partial charge in [0.15, 0.2) is 0 Å². The van der Waals surface area contributed by atoms with Gasteiger partial charge in [-0.15, -0.1) is 0 Å². The van der Waals surface area contributed by atoms with Gasteiger partial charge in [0.2, 0.25) is 11.1 Å². The Morgan fingerprint density at radius 1 is 0.933 bits per heavy atom. The van der Waals surface area contributed by atoms with Crippen molar-refractivity contribution in [2.45, 2.75) is 38.8 Å². The van der Waals surface area contributed by atoms with Crippen molar-refractivity contribution in [3.63, 3.8) is 0 Å². The Hall–Kier alpha value is -1.24. The van der Waals surface area contributed by atoms with Crippen molar-refractivity contribution in [3.8, 4) is 0 Å². The lowest BCUT2D eigenvalue weighted by Gasteiger charge is -2.18. The molecule has 0 aliphatic heterocycles. The molecule has 0 aromatic rings. The molecule has 0 aliphatic carbocycles. The van der Waals surface area contributed by atoms with Gasteiger partial charge in [-0.05, 0) is 0 Å². The maximum atomic E-state index is 10.5. The standard InChI is InChI=1S/C8H16N3O4/c1-7(2,10(12)13)5-9-6-8(3,4)11(14)15/h5-6H2,1-4H3. The molecule has 0 spiro atoms. The number of nitrogens with zero attached hydrogens (tertiary/aromatic N) is 3. The molecule has 0 atom stereocenters. The first-order valence-electron chi connectivity index (χ1n) is 4.52. The van der Waals surface area contributed by atoms with Crippen molar-refractivity contribution in [3.05, 3.63) is 20.2 Å². The van der Waals surface area contributed by atoms with Crippen molar-refractivity contribution in [1.29, 1.82) is 0 Å². The first-order valence-corrected chi connectivity index (χ1v) is 4.52. The summed E-state index contributed by atoms with van der Waals surface area (Å²) >= 11 is 0. The highest BCUT2D eigenvalue weighted by atomic mass is 16.6. The molecule has 0 unspecified atom stereocenters. The average Bonchev–Trinajstić information content (AvgIpc) is 2.02. The Balaban J connectivity index is 4.11. The smallest absolute Gasteiger partial charge is 0.230 e. The fourth-order valence-electron chi connectivity index (χ4n) is 0.719. The first kappa shape index (κ1) is 13.8. The largest absolute Gasteiger partial charge is 0.264 e. The molecule has 0 amide bonds. The van der Waals surface area contributed by atoms with Crippen LogP contribution in [0.2, 0.25) is 0 Å². The highest BCUT2D eigenvalue weighted by Gasteiger charge is 2.35. The van der Waals surface area contributed by atoms with E-state index in [4.69, 9.17) is 0 Å². The number of rotatable bonds is 6. The number of nitro groups is 2. The van der Waals surface area contributed by atoms with E-state index in [-0.39, 0.29) is 13.1 Å². The predicted molar refractivity (Wildman–Crippen MR) is 54.0 cm³/mol. The highest BCUT2D eigenvalue weighted by molar-refractivity contribution is 4.75. The lowest BCUT2D eigenvalue weighted by atomic mass is 10.0. The average molecular weight is 218 g/mol. The lowest BCUT2D eigenvalue weighted by Crippen LogP contribution is -2.45. The Labute approximate surface area is 88.1 Å². The molecule has 0 saturated carbocycles. The molecule has 0 bridgehead atoms. The van der Waals surface area contributed by atoms with E-state index in [1.165, 1.54) is 27.7 Å². The minimum absolute atomic E-state index is 0.0166. The quantitative estimate of drug-likeness (QED) is 0.483. The van der Waals surface area contributed by atoms with Crippen LogP contribution in [0.1, 0.15) is 27.7 Å². The molecule has 15 heavy (non-hydrogen) atoms. The summed E-state index contributed by atoms with van der Waals surface area (Å²) in [6.45, 7) is 5.73. The zero-order valence-electron chi connectivity index (χ0n) is 9.39. The van der Waals surface area contributed by atoms with Crippen LogP contribution in [0.4, 0.5) is 0 Å². The molecular weight excluding hydrogens is 202 g/mol. The molecule has 0 N–H and O–H groups in total. The van der Waals surface area contributed by atoms with E-state index in [1.54, 1.807) is 0 Å². The summed E-state index contributed by atoms with van der Waals surface area (Å²) in [5, 5.41) is 24.9. The number of hydrogen-bond acceptors (Lipinski definition) is 4. The molecule has 0 aromatic carbocycles. The molecule has 0 heterocycles. The summed E-state index contributed by atoms with van der Waals surface area (Å²) in [5.41, 5.74) is -2.32. The van der Waals surface area contributed by atoms with Gasteiger partial charge in [0.1, 0.15) is 0 Å².